The molecule has 1 N–H and O–H groups in total. The summed E-state index contributed by atoms with van der Waals surface area (Å²) >= 11 is 0. The second kappa shape index (κ2) is 5.05. The van der Waals surface area contributed by atoms with Crippen molar-refractivity contribution in [3.05, 3.63) is 42.5 Å². The Labute approximate surface area is 118 Å². The summed E-state index contributed by atoms with van der Waals surface area (Å²) < 4.78 is 37.7. The Balaban J connectivity index is 0.00000147. The third-order valence-electron chi connectivity index (χ3n) is 2.77. The number of anilines is 1. The van der Waals surface area contributed by atoms with Gasteiger partial charge in [0.2, 0.25) is 0 Å². The van der Waals surface area contributed by atoms with Crippen molar-refractivity contribution in [1.29, 1.82) is 0 Å². The minimum absolute atomic E-state index is 0. The molecule has 1 aliphatic rings. The lowest BCUT2D eigenvalue weighted by Gasteiger charge is -2.11. The fourth-order valence-corrected chi connectivity index (χ4v) is 2.97. The summed E-state index contributed by atoms with van der Waals surface area (Å²) in [6.45, 7) is 0. The smallest absolute Gasteiger partial charge is 0.262 e. The van der Waals surface area contributed by atoms with Crippen molar-refractivity contribution in [3.63, 3.8) is 0 Å². The number of methoxy groups -OCH3 is 1. The molecule has 0 unspecified atom stereocenters. The summed E-state index contributed by atoms with van der Waals surface area (Å²) in [4.78, 5) is 0.148. The van der Waals surface area contributed by atoms with E-state index in [1.165, 1.54) is 19.2 Å². The molecule has 0 saturated heterocycles. The Bertz CT molecular complexity index is 741. The molecule has 106 valence electrons. The van der Waals surface area contributed by atoms with Crippen LogP contribution in [0.2, 0.25) is 0 Å². The summed E-state index contributed by atoms with van der Waals surface area (Å²) in [5.74, 6) is 1.45. The van der Waals surface area contributed by atoms with E-state index in [1.807, 2.05) is 0 Å². The highest BCUT2D eigenvalue weighted by Crippen LogP contribution is 2.35. The van der Waals surface area contributed by atoms with E-state index in [0.717, 1.165) is 0 Å². The molecule has 0 spiro atoms. The number of rotatable bonds is 1. The van der Waals surface area contributed by atoms with Crippen LogP contribution < -0.4 is 14.2 Å². The van der Waals surface area contributed by atoms with Gasteiger partial charge in [0.25, 0.3) is 10.0 Å². The molecule has 1 aliphatic heterocycles. The van der Waals surface area contributed by atoms with E-state index in [4.69, 9.17) is 9.47 Å². The topological polar surface area (TPSA) is 64.6 Å². The Hall–Kier alpha value is -2.21. The Morgan fingerprint density at radius 2 is 1.85 bits per heavy atom. The van der Waals surface area contributed by atoms with E-state index in [9.17, 15) is 8.42 Å². The summed E-state index contributed by atoms with van der Waals surface area (Å²) in [6.07, 6.45) is 0. The maximum Gasteiger partial charge on any atom is 0.262 e. The highest BCUT2D eigenvalue weighted by Gasteiger charge is 2.20. The van der Waals surface area contributed by atoms with Crippen molar-refractivity contribution < 1.29 is 17.9 Å². The van der Waals surface area contributed by atoms with Gasteiger partial charge >= 0.3 is 0 Å². The number of sulfonamides is 1. The monoisotopic (exact) mass is 293 g/mol. The molecule has 0 amide bonds. The average Bonchev–Trinajstić information content (AvgIpc) is 2.40. The quantitative estimate of drug-likeness (QED) is 0.876. The lowest BCUT2D eigenvalue weighted by Crippen LogP contribution is -2.13. The van der Waals surface area contributed by atoms with Crippen molar-refractivity contribution in [2.45, 2.75) is 12.3 Å². The highest BCUT2D eigenvalue weighted by atomic mass is 32.2. The van der Waals surface area contributed by atoms with Crippen molar-refractivity contribution in [2.75, 3.05) is 11.8 Å². The van der Waals surface area contributed by atoms with Crippen LogP contribution in [0.5, 0.6) is 17.2 Å². The van der Waals surface area contributed by atoms with Gasteiger partial charge < -0.3 is 9.47 Å². The average molecular weight is 293 g/mol. The van der Waals surface area contributed by atoms with Crippen LogP contribution in [-0.2, 0) is 10.0 Å². The predicted octanol–water partition coefficient (Wildman–Crippen LogP) is 3.24. The largest absolute Gasteiger partial charge is 0.495 e. The number of nitrogens with one attached hydrogen (secondary N) is 1. The molecule has 0 radical (unpaired) electrons. The lowest BCUT2D eigenvalue weighted by molar-refractivity contribution is 0.415. The Kier molecular flexibility index (Phi) is 3.59. The number of hydrogen-bond donors (Lipinski definition) is 1. The van der Waals surface area contributed by atoms with Crippen LogP contribution in [0.4, 0.5) is 5.69 Å². The first-order valence-corrected chi connectivity index (χ1v) is 7.05. The van der Waals surface area contributed by atoms with Crippen molar-refractivity contribution >= 4 is 15.7 Å². The molecule has 5 nitrogen and oxygen atoms in total. The van der Waals surface area contributed by atoms with Gasteiger partial charge in [0.1, 0.15) is 17.2 Å². The molecule has 4 bridgehead atoms. The van der Waals surface area contributed by atoms with E-state index in [0.29, 0.717) is 22.9 Å². The van der Waals surface area contributed by atoms with Crippen LogP contribution >= 0.6 is 0 Å². The Morgan fingerprint density at radius 1 is 1.10 bits per heavy atom. The van der Waals surface area contributed by atoms with Crippen LogP contribution in [0, 0.1) is 0 Å². The van der Waals surface area contributed by atoms with Crippen LogP contribution in [0.3, 0.4) is 0 Å². The molecule has 0 fully saturated rings. The highest BCUT2D eigenvalue weighted by molar-refractivity contribution is 7.92. The van der Waals surface area contributed by atoms with Gasteiger partial charge in [-0.15, -0.1) is 0 Å². The second-order valence-electron chi connectivity index (χ2n) is 4.04. The molecule has 2 aromatic rings. The second-order valence-corrected chi connectivity index (χ2v) is 5.73. The number of fused-ring (bicyclic) bond motifs is 4. The van der Waals surface area contributed by atoms with Crippen molar-refractivity contribution in [1.82, 2.24) is 0 Å². The van der Waals surface area contributed by atoms with E-state index in [-0.39, 0.29) is 12.3 Å². The van der Waals surface area contributed by atoms with E-state index in [1.54, 1.807) is 30.3 Å². The summed E-state index contributed by atoms with van der Waals surface area (Å²) in [5.41, 5.74) is 0.349. The third kappa shape index (κ3) is 2.42. The maximum atomic E-state index is 12.2. The Morgan fingerprint density at radius 3 is 2.60 bits per heavy atom. The van der Waals surface area contributed by atoms with Gasteiger partial charge in [-0.25, -0.2) is 8.42 Å². The summed E-state index contributed by atoms with van der Waals surface area (Å²) in [6, 6.07) is 11.3. The zero-order valence-corrected chi connectivity index (χ0v) is 10.9. The molecule has 0 aliphatic carbocycles. The van der Waals surface area contributed by atoms with Crippen LogP contribution in [-0.4, -0.2) is 15.5 Å². The number of ether oxygens (including phenoxy) is 2. The van der Waals surface area contributed by atoms with Crippen molar-refractivity contribution in [2.24, 2.45) is 0 Å². The fraction of sp³-hybridized carbons (Fsp3) is 0.143. The van der Waals surface area contributed by atoms with Gasteiger partial charge in [-0.3, -0.25) is 4.72 Å². The van der Waals surface area contributed by atoms with Crippen molar-refractivity contribution in [3.8, 4) is 17.2 Å². The maximum absolute atomic E-state index is 12.2. The molecule has 0 aromatic heterocycles. The van der Waals surface area contributed by atoms with E-state index in [2.05, 4.69) is 4.72 Å². The fourth-order valence-electron chi connectivity index (χ4n) is 1.87. The molecule has 6 heteroatoms. The first kappa shape index (κ1) is 14.2. The standard InChI is InChI=1S/C13H11NO4S.CH4/c1-17-13-6-5-10-8-12(13)14-19(15,16)11-4-2-3-9(7-11)18-10;/h2-8,14H,1H3;1H4. The summed E-state index contributed by atoms with van der Waals surface area (Å²) in [7, 11) is -2.17. The van der Waals surface area contributed by atoms with E-state index >= 15 is 0 Å². The SMILES string of the molecule is C.COc1ccc2cc1NS(=O)(=O)c1cccc(c1)O2. The van der Waals surface area contributed by atoms with Gasteiger partial charge in [0, 0.05) is 12.1 Å². The van der Waals surface area contributed by atoms with E-state index < -0.39 is 10.0 Å². The third-order valence-corrected chi connectivity index (χ3v) is 4.13. The van der Waals surface area contributed by atoms with Gasteiger partial charge in [-0.05, 0) is 24.3 Å². The first-order valence-electron chi connectivity index (χ1n) is 5.57. The molecule has 20 heavy (non-hydrogen) atoms. The molecular weight excluding hydrogens is 278 g/mol. The molecule has 0 saturated carbocycles. The normalized spacial score (nSPS) is 14.4. The number of benzene rings is 2. The minimum atomic E-state index is -3.65. The molecule has 3 rings (SSSR count). The number of hydrogen-bond acceptors (Lipinski definition) is 4. The van der Waals surface area contributed by atoms with Gasteiger partial charge in [0.15, 0.2) is 0 Å². The van der Waals surface area contributed by atoms with Crippen LogP contribution in [0.25, 0.3) is 0 Å². The predicted molar refractivity (Wildman–Crippen MR) is 77.0 cm³/mol. The van der Waals surface area contributed by atoms with Gasteiger partial charge in [-0.2, -0.15) is 0 Å². The lowest BCUT2D eigenvalue weighted by atomic mass is 10.3. The summed E-state index contributed by atoms with van der Waals surface area (Å²) in [5, 5.41) is 0. The zero-order chi connectivity index (χ0) is 13.5. The van der Waals surface area contributed by atoms with Gasteiger partial charge in [0.05, 0.1) is 17.7 Å². The van der Waals surface area contributed by atoms with Crippen LogP contribution in [0.1, 0.15) is 7.43 Å². The molecule has 1 heterocycles. The van der Waals surface area contributed by atoms with Gasteiger partial charge in [-0.1, -0.05) is 13.5 Å². The molecule has 2 aromatic carbocycles. The minimum Gasteiger partial charge on any atom is -0.495 e. The van der Waals surface area contributed by atoms with Crippen LogP contribution in [0.15, 0.2) is 47.4 Å². The molecule has 0 atom stereocenters. The first-order chi connectivity index (χ1) is 9.08. The molecular formula is C14H15NO4S. The zero-order valence-electron chi connectivity index (χ0n) is 10.1.